The Morgan fingerprint density at radius 1 is 1.18 bits per heavy atom. The van der Waals surface area contributed by atoms with Gasteiger partial charge in [-0.3, -0.25) is 14.5 Å². The Hall–Kier alpha value is -3.18. The molecule has 8 nitrogen and oxygen atoms in total. The molecular formula is C30H37N5O3. The Bertz CT molecular complexity index is 1190. The number of nitrogens with zero attached hydrogens (tertiary/aromatic N) is 4. The molecule has 4 bridgehead atoms. The molecule has 4 aliphatic carbocycles. The van der Waals surface area contributed by atoms with E-state index >= 15 is 0 Å². The van der Waals surface area contributed by atoms with Crippen LogP contribution in [0.3, 0.4) is 0 Å². The second-order valence-corrected chi connectivity index (χ2v) is 12.2. The van der Waals surface area contributed by atoms with E-state index in [0.29, 0.717) is 31.6 Å². The van der Waals surface area contributed by atoms with Gasteiger partial charge in [-0.15, -0.1) is 0 Å². The van der Waals surface area contributed by atoms with Crippen molar-refractivity contribution in [2.24, 2.45) is 23.2 Å². The average molecular weight is 516 g/mol. The number of amides is 1. The number of hydrogen-bond acceptors (Lipinski definition) is 6. The van der Waals surface area contributed by atoms with Crippen molar-refractivity contribution < 1.29 is 14.3 Å². The van der Waals surface area contributed by atoms with Gasteiger partial charge in [0.2, 0.25) is 5.91 Å². The summed E-state index contributed by atoms with van der Waals surface area (Å²) in [6.07, 6.45) is 11.7. The molecule has 1 aliphatic heterocycles. The molecule has 200 valence electrons. The average Bonchev–Trinajstić information content (AvgIpc) is 3.33. The predicted octanol–water partition coefficient (Wildman–Crippen LogP) is 3.81. The first-order valence-corrected chi connectivity index (χ1v) is 14.1. The number of hydrogen-bond donors (Lipinski definition) is 1. The molecule has 1 saturated heterocycles. The normalized spacial score (nSPS) is 29.9. The highest BCUT2D eigenvalue weighted by molar-refractivity contribution is 5.78. The van der Waals surface area contributed by atoms with Gasteiger partial charge in [0.25, 0.3) is 0 Å². The summed E-state index contributed by atoms with van der Waals surface area (Å²) in [5.74, 6) is 2.06. The molecule has 0 spiro atoms. The summed E-state index contributed by atoms with van der Waals surface area (Å²) in [6.45, 7) is 3.82. The first-order valence-electron chi connectivity index (χ1n) is 14.1. The van der Waals surface area contributed by atoms with E-state index in [0.717, 1.165) is 54.8 Å². The van der Waals surface area contributed by atoms with Crippen LogP contribution in [0.1, 0.15) is 74.7 Å². The van der Waals surface area contributed by atoms with Gasteiger partial charge in [0.05, 0.1) is 36.2 Å². The van der Waals surface area contributed by atoms with Crippen molar-refractivity contribution in [3.8, 4) is 6.07 Å². The van der Waals surface area contributed by atoms with Crippen LogP contribution in [0.2, 0.25) is 0 Å². The highest BCUT2D eigenvalue weighted by Crippen LogP contribution is 2.62. The Morgan fingerprint density at radius 3 is 2.47 bits per heavy atom. The second-order valence-electron chi connectivity index (χ2n) is 12.2. The minimum Gasteiger partial charge on any atom is -0.462 e. The van der Waals surface area contributed by atoms with Crippen LogP contribution in [0.5, 0.6) is 0 Å². The molecule has 1 aromatic carbocycles. The van der Waals surface area contributed by atoms with E-state index in [9.17, 15) is 9.59 Å². The molecule has 1 amide bonds. The summed E-state index contributed by atoms with van der Waals surface area (Å²) in [4.78, 5) is 31.7. The SMILES string of the molecule is CC(=O)OC(CC(c1cncn1Cc1ccc(C#N)cc1)N1CCNC(=O)C1)C12CC3CC(CC(C3)C1)C2. The number of piperazine rings is 1. The van der Waals surface area contributed by atoms with Crippen molar-refractivity contribution in [3.63, 3.8) is 0 Å². The monoisotopic (exact) mass is 515 g/mol. The van der Waals surface area contributed by atoms with Gasteiger partial charge in [0.1, 0.15) is 6.10 Å². The number of carbonyl (C=O) groups is 2. The second kappa shape index (κ2) is 10.2. The number of carbonyl (C=O) groups excluding carboxylic acids is 2. The van der Waals surface area contributed by atoms with Gasteiger partial charge in [-0.2, -0.15) is 5.26 Å². The number of rotatable bonds is 8. The number of benzene rings is 1. The van der Waals surface area contributed by atoms with Gasteiger partial charge in [0.15, 0.2) is 0 Å². The van der Waals surface area contributed by atoms with Crippen LogP contribution in [0.25, 0.3) is 0 Å². The molecule has 2 aromatic rings. The third kappa shape index (κ3) is 4.96. The van der Waals surface area contributed by atoms with Crippen molar-refractivity contribution in [1.82, 2.24) is 19.8 Å². The van der Waals surface area contributed by atoms with Gasteiger partial charge in [0, 0.05) is 44.6 Å². The van der Waals surface area contributed by atoms with Gasteiger partial charge in [-0.1, -0.05) is 12.1 Å². The topological polar surface area (TPSA) is 100 Å². The van der Waals surface area contributed by atoms with Crippen molar-refractivity contribution in [3.05, 3.63) is 53.6 Å². The standard InChI is InChI=1S/C30H37N5O3/c1-20(36)38-28(30-12-23-8-24(13-30)10-25(9-23)14-30)11-26(34-7-6-33-29(37)18-34)27-16-32-19-35(27)17-22-4-2-21(15-31)3-5-22/h2-5,16,19,23-26,28H,6-14,17-18H2,1H3,(H,33,37). The fourth-order valence-corrected chi connectivity index (χ4v) is 8.40. The smallest absolute Gasteiger partial charge is 0.302 e. The summed E-state index contributed by atoms with van der Waals surface area (Å²) < 4.78 is 8.38. The molecule has 7 rings (SSSR count). The van der Waals surface area contributed by atoms with Gasteiger partial charge in [-0.25, -0.2) is 4.98 Å². The van der Waals surface area contributed by atoms with E-state index in [1.807, 2.05) is 36.8 Å². The summed E-state index contributed by atoms with van der Waals surface area (Å²) >= 11 is 0. The van der Waals surface area contributed by atoms with Crippen LogP contribution < -0.4 is 5.32 Å². The maximum atomic E-state index is 12.5. The van der Waals surface area contributed by atoms with E-state index < -0.39 is 0 Å². The largest absolute Gasteiger partial charge is 0.462 e. The van der Waals surface area contributed by atoms with E-state index in [4.69, 9.17) is 10.00 Å². The molecule has 1 N–H and O–H groups in total. The highest BCUT2D eigenvalue weighted by Gasteiger charge is 2.56. The Kier molecular flexibility index (Phi) is 6.73. The number of esters is 1. The fraction of sp³-hybridized carbons (Fsp3) is 0.600. The van der Waals surface area contributed by atoms with Crippen molar-refractivity contribution in [1.29, 1.82) is 5.26 Å². The molecule has 5 fully saturated rings. The summed E-state index contributed by atoms with van der Waals surface area (Å²) in [7, 11) is 0. The maximum absolute atomic E-state index is 12.5. The zero-order valence-electron chi connectivity index (χ0n) is 22.1. The van der Waals surface area contributed by atoms with E-state index in [1.54, 1.807) is 0 Å². The molecule has 5 aliphatic rings. The van der Waals surface area contributed by atoms with Gasteiger partial charge in [-0.05, 0) is 74.0 Å². The molecule has 8 heteroatoms. The zero-order chi connectivity index (χ0) is 26.3. The lowest BCUT2D eigenvalue weighted by Crippen LogP contribution is -2.54. The molecule has 0 radical (unpaired) electrons. The molecule has 38 heavy (non-hydrogen) atoms. The predicted molar refractivity (Wildman–Crippen MR) is 141 cm³/mol. The molecule has 2 unspecified atom stereocenters. The van der Waals surface area contributed by atoms with Crippen LogP contribution in [-0.4, -0.2) is 52.1 Å². The quantitative estimate of drug-likeness (QED) is 0.537. The molecule has 2 heterocycles. The number of nitriles is 1. The van der Waals surface area contributed by atoms with Crippen molar-refractivity contribution >= 4 is 11.9 Å². The Morgan fingerprint density at radius 2 is 1.87 bits per heavy atom. The lowest BCUT2D eigenvalue weighted by atomic mass is 9.47. The van der Waals surface area contributed by atoms with E-state index in [2.05, 4.69) is 25.8 Å². The number of imidazole rings is 1. The lowest BCUT2D eigenvalue weighted by Gasteiger charge is -2.59. The maximum Gasteiger partial charge on any atom is 0.302 e. The van der Waals surface area contributed by atoms with Crippen LogP contribution in [0.4, 0.5) is 0 Å². The van der Waals surface area contributed by atoms with Gasteiger partial charge < -0.3 is 14.6 Å². The van der Waals surface area contributed by atoms with Crippen LogP contribution in [0.15, 0.2) is 36.8 Å². The first kappa shape index (κ1) is 25.1. The van der Waals surface area contributed by atoms with Crippen LogP contribution in [0, 0.1) is 34.5 Å². The van der Waals surface area contributed by atoms with E-state index in [1.165, 1.54) is 26.2 Å². The number of ether oxygens (including phenoxy) is 1. The lowest BCUT2D eigenvalue weighted by molar-refractivity contribution is -0.175. The van der Waals surface area contributed by atoms with Crippen molar-refractivity contribution in [2.75, 3.05) is 19.6 Å². The van der Waals surface area contributed by atoms with Crippen LogP contribution >= 0.6 is 0 Å². The third-order valence-electron chi connectivity index (χ3n) is 9.54. The van der Waals surface area contributed by atoms with E-state index in [-0.39, 0.29) is 29.4 Å². The number of aromatic nitrogens is 2. The Labute approximate surface area is 224 Å². The van der Waals surface area contributed by atoms with Gasteiger partial charge >= 0.3 is 5.97 Å². The molecular weight excluding hydrogens is 478 g/mol. The Balaban J connectivity index is 1.33. The molecule has 4 saturated carbocycles. The van der Waals surface area contributed by atoms with Crippen molar-refractivity contribution in [2.45, 2.75) is 70.6 Å². The highest BCUT2D eigenvalue weighted by atomic mass is 16.5. The summed E-state index contributed by atoms with van der Waals surface area (Å²) in [5, 5.41) is 12.1. The molecule has 2 atom stereocenters. The van der Waals surface area contributed by atoms with Crippen LogP contribution in [-0.2, 0) is 20.9 Å². The summed E-state index contributed by atoms with van der Waals surface area (Å²) in [5.41, 5.74) is 2.79. The minimum atomic E-state index is -0.216. The number of nitrogens with one attached hydrogen (secondary N) is 1. The first-order chi connectivity index (χ1) is 18.4. The third-order valence-corrected chi connectivity index (χ3v) is 9.54. The minimum absolute atomic E-state index is 0.0262. The fourth-order valence-electron chi connectivity index (χ4n) is 8.40. The zero-order valence-corrected chi connectivity index (χ0v) is 22.1. The molecule has 1 aromatic heterocycles. The summed E-state index contributed by atoms with van der Waals surface area (Å²) in [6, 6.07) is 9.70.